The molecule has 144 valence electrons. The van der Waals surface area contributed by atoms with Crippen LogP contribution in [0.25, 0.3) is 6.08 Å². The number of nitrogens with zero attached hydrogens (tertiary/aromatic N) is 2. The van der Waals surface area contributed by atoms with Gasteiger partial charge in [0.15, 0.2) is 0 Å². The van der Waals surface area contributed by atoms with E-state index in [1.807, 2.05) is 24.3 Å². The number of anilines is 1. The van der Waals surface area contributed by atoms with Crippen molar-refractivity contribution < 1.29 is 14.3 Å². The van der Waals surface area contributed by atoms with Crippen molar-refractivity contribution in [3.8, 4) is 5.75 Å². The summed E-state index contributed by atoms with van der Waals surface area (Å²) in [5, 5.41) is 2.73. The molecule has 0 bridgehead atoms. The number of thiocarbonyl (C=S) groups is 1. The molecule has 3 rings (SSSR count). The fourth-order valence-corrected chi connectivity index (χ4v) is 3.92. The van der Waals surface area contributed by atoms with Crippen molar-refractivity contribution in [2.45, 2.75) is 12.8 Å². The number of methoxy groups -OCH3 is 1. The summed E-state index contributed by atoms with van der Waals surface area (Å²) in [7, 11) is 1.60. The third-order valence-corrected chi connectivity index (χ3v) is 5.36. The molecule has 0 radical (unpaired) electrons. The Morgan fingerprint density at radius 3 is 2.93 bits per heavy atom. The zero-order valence-electron chi connectivity index (χ0n) is 15.3. The van der Waals surface area contributed by atoms with E-state index in [0.29, 0.717) is 28.0 Å². The SMILES string of the molecule is COc1cccc(/C=C2\SC(=S)N(CCCC(=O)Nc3ccccn3)C2=O)c1. The highest BCUT2D eigenvalue weighted by Crippen LogP contribution is 2.33. The number of amides is 2. The molecule has 28 heavy (non-hydrogen) atoms. The van der Waals surface area contributed by atoms with Crippen LogP contribution in [0, 0.1) is 0 Å². The van der Waals surface area contributed by atoms with Crippen LogP contribution >= 0.6 is 24.0 Å². The molecule has 1 aromatic heterocycles. The van der Waals surface area contributed by atoms with Crippen LogP contribution in [0.1, 0.15) is 18.4 Å². The quantitative estimate of drug-likeness (QED) is 0.551. The van der Waals surface area contributed by atoms with Crippen LogP contribution in [0.5, 0.6) is 5.75 Å². The number of pyridine rings is 1. The molecule has 1 aliphatic rings. The summed E-state index contributed by atoms with van der Waals surface area (Å²) < 4.78 is 5.71. The summed E-state index contributed by atoms with van der Waals surface area (Å²) in [4.78, 5) is 30.8. The fraction of sp³-hybridized carbons (Fsp3) is 0.200. The molecule has 1 fully saturated rings. The number of hydrogen-bond donors (Lipinski definition) is 1. The first kappa shape index (κ1) is 20.0. The number of ether oxygens (including phenoxy) is 1. The standard InChI is InChI=1S/C20H19N3O3S2/c1-26-15-7-4-6-14(12-15)13-16-19(25)23(20(27)28-16)11-5-9-18(24)22-17-8-2-3-10-21-17/h2-4,6-8,10,12-13H,5,9,11H2,1H3,(H,21,22,24)/b16-13-. The highest BCUT2D eigenvalue weighted by Gasteiger charge is 2.31. The Labute approximate surface area is 173 Å². The van der Waals surface area contributed by atoms with Gasteiger partial charge in [-0.15, -0.1) is 0 Å². The van der Waals surface area contributed by atoms with E-state index in [0.717, 1.165) is 11.3 Å². The topological polar surface area (TPSA) is 71.5 Å². The smallest absolute Gasteiger partial charge is 0.266 e. The van der Waals surface area contributed by atoms with Crippen LogP contribution in [-0.2, 0) is 9.59 Å². The lowest BCUT2D eigenvalue weighted by molar-refractivity contribution is -0.122. The van der Waals surface area contributed by atoms with Crippen molar-refractivity contribution in [2.75, 3.05) is 19.0 Å². The van der Waals surface area contributed by atoms with Gasteiger partial charge in [0.2, 0.25) is 5.91 Å². The van der Waals surface area contributed by atoms with Gasteiger partial charge in [-0.1, -0.05) is 42.2 Å². The summed E-state index contributed by atoms with van der Waals surface area (Å²) in [5.74, 6) is 0.960. The molecule has 1 aliphatic heterocycles. The maximum Gasteiger partial charge on any atom is 0.266 e. The number of carbonyl (C=O) groups is 2. The fourth-order valence-electron chi connectivity index (χ4n) is 2.62. The molecule has 1 aromatic carbocycles. The molecular weight excluding hydrogens is 394 g/mol. The summed E-state index contributed by atoms with van der Waals surface area (Å²) in [6.45, 7) is 0.399. The van der Waals surface area contributed by atoms with E-state index in [1.54, 1.807) is 42.5 Å². The van der Waals surface area contributed by atoms with Gasteiger partial charge in [-0.25, -0.2) is 4.98 Å². The number of nitrogens with one attached hydrogen (secondary N) is 1. The average molecular weight is 414 g/mol. The Bertz CT molecular complexity index is 916. The molecule has 2 heterocycles. The Hall–Kier alpha value is -2.71. The van der Waals surface area contributed by atoms with Gasteiger partial charge < -0.3 is 10.1 Å². The number of aromatic nitrogens is 1. The van der Waals surface area contributed by atoms with Crippen LogP contribution in [-0.4, -0.2) is 39.7 Å². The summed E-state index contributed by atoms with van der Waals surface area (Å²) >= 11 is 6.60. The van der Waals surface area contributed by atoms with Crippen LogP contribution < -0.4 is 10.1 Å². The molecule has 0 saturated carbocycles. The summed E-state index contributed by atoms with van der Waals surface area (Å²) in [6, 6.07) is 12.8. The van der Waals surface area contributed by atoms with E-state index >= 15 is 0 Å². The van der Waals surface area contributed by atoms with E-state index in [9.17, 15) is 9.59 Å². The van der Waals surface area contributed by atoms with Crippen molar-refractivity contribution in [3.05, 3.63) is 59.1 Å². The van der Waals surface area contributed by atoms with Gasteiger partial charge >= 0.3 is 0 Å². The second kappa shape index (κ2) is 9.48. The number of thioether (sulfide) groups is 1. The van der Waals surface area contributed by atoms with Gasteiger partial charge in [0.25, 0.3) is 5.91 Å². The van der Waals surface area contributed by atoms with Gasteiger partial charge in [-0.2, -0.15) is 0 Å². The van der Waals surface area contributed by atoms with Gasteiger partial charge in [0, 0.05) is 19.2 Å². The normalized spacial score (nSPS) is 15.2. The molecule has 0 atom stereocenters. The monoisotopic (exact) mass is 413 g/mol. The highest BCUT2D eigenvalue weighted by molar-refractivity contribution is 8.26. The van der Waals surface area contributed by atoms with E-state index in [4.69, 9.17) is 17.0 Å². The Morgan fingerprint density at radius 1 is 1.32 bits per heavy atom. The second-order valence-corrected chi connectivity index (χ2v) is 7.65. The molecule has 0 unspecified atom stereocenters. The van der Waals surface area contributed by atoms with Crippen LogP contribution in [0.2, 0.25) is 0 Å². The van der Waals surface area contributed by atoms with Crippen molar-refractivity contribution in [3.63, 3.8) is 0 Å². The molecule has 2 amide bonds. The molecule has 0 aliphatic carbocycles. The van der Waals surface area contributed by atoms with E-state index in [2.05, 4.69) is 10.3 Å². The summed E-state index contributed by atoms with van der Waals surface area (Å²) in [5.41, 5.74) is 0.870. The lowest BCUT2D eigenvalue weighted by Gasteiger charge is -2.14. The number of benzene rings is 1. The van der Waals surface area contributed by atoms with Crippen LogP contribution in [0.4, 0.5) is 5.82 Å². The van der Waals surface area contributed by atoms with Crippen molar-refractivity contribution in [1.29, 1.82) is 0 Å². The first-order chi connectivity index (χ1) is 13.6. The zero-order chi connectivity index (χ0) is 19.9. The predicted molar refractivity (Wildman–Crippen MR) is 115 cm³/mol. The number of carbonyl (C=O) groups excluding carboxylic acids is 2. The van der Waals surface area contributed by atoms with Gasteiger partial charge in [-0.05, 0) is 42.3 Å². The average Bonchev–Trinajstić information content (AvgIpc) is 2.96. The Balaban J connectivity index is 1.55. The first-order valence-electron chi connectivity index (χ1n) is 8.67. The number of rotatable bonds is 7. The van der Waals surface area contributed by atoms with Crippen LogP contribution in [0.15, 0.2) is 53.6 Å². The molecule has 6 nitrogen and oxygen atoms in total. The second-order valence-electron chi connectivity index (χ2n) is 5.98. The van der Waals surface area contributed by atoms with Crippen LogP contribution in [0.3, 0.4) is 0 Å². The van der Waals surface area contributed by atoms with E-state index in [1.165, 1.54) is 11.8 Å². The zero-order valence-corrected chi connectivity index (χ0v) is 16.9. The lowest BCUT2D eigenvalue weighted by Crippen LogP contribution is -2.29. The van der Waals surface area contributed by atoms with E-state index in [-0.39, 0.29) is 18.2 Å². The minimum absolute atomic E-state index is 0.136. The first-order valence-corrected chi connectivity index (χ1v) is 9.89. The lowest BCUT2D eigenvalue weighted by atomic mass is 10.2. The molecule has 1 N–H and O–H groups in total. The molecule has 8 heteroatoms. The minimum Gasteiger partial charge on any atom is -0.497 e. The molecule has 2 aromatic rings. The largest absolute Gasteiger partial charge is 0.497 e. The van der Waals surface area contributed by atoms with E-state index < -0.39 is 0 Å². The van der Waals surface area contributed by atoms with Gasteiger partial charge in [0.05, 0.1) is 12.0 Å². The van der Waals surface area contributed by atoms with Gasteiger partial charge in [-0.3, -0.25) is 14.5 Å². The maximum atomic E-state index is 12.6. The highest BCUT2D eigenvalue weighted by atomic mass is 32.2. The third kappa shape index (κ3) is 5.17. The van der Waals surface area contributed by atoms with Crippen molar-refractivity contribution in [1.82, 2.24) is 9.88 Å². The third-order valence-electron chi connectivity index (χ3n) is 3.98. The summed E-state index contributed by atoms with van der Waals surface area (Å²) in [6.07, 6.45) is 4.21. The predicted octanol–water partition coefficient (Wildman–Crippen LogP) is 3.71. The molecule has 1 saturated heterocycles. The minimum atomic E-state index is -0.143. The Kier molecular flexibility index (Phi) is 6.78. The Morgan fingerprint density at radius 2 is 2.18 bits per heavy atom. The molecule has 0 spiro atoms. The van der Waals surface area contributed by atoms with Crippen molar-refractivity contribution >= 4 is 52.0 Å². The molecular formula is C20H19N3O3S2. The number of hydrogen-bond acceptors (Lipinski definition) is 6. The van der Waals surface area contributed by atoms with Crippen molar-refractivity contribution in [2.24, 2.45) is 0 Å². The van der Waals surface area contributed by atoms with Gasteiger partial charge in [0.1, 0.15) is 15.9 Å². The maximum absolute atomic E-state index is 12.6.